The summed E-state index contributed by atoms with van der Waals surface area (Å²) in [6.07, 6.45) is 4.03. The summed E-state index contributed by atoms with van der Waals surface area (Å²) in [6.45, 7) is 4.04. The first-order valence-corrected chi connectivity index (χ1v) is 6.28. The van der Waals surface area contributed by atoms with E-state index in [4.69, 9.17) is 5.73 Å². The molecule has 5 heteroatoms. The molecule has 2 rings (SSSR count). The molecule has 0 aromatic rings. The third-order valence-electron chi connectivity index (χ3n) is 3.97. The number of nitrogens with two attached hydrogens (primary N) is 1. The first-order valence-electron chi connectivity index (χ1n) is 6.28. The largest absolute Gasteiger partial charge is 0.328 e. The Bertz CT molecular complexity index is 341. The molecule has 1 heterocycles. The molecule has 1 saturated heterocycles. The van der Waals surface area contributed by atoms with Crippen LogP contribution < -0.4 is 11.1 Å². The molecular formula is C12H21N3O2. The third-order valence-corrected chi connectivity index (χ3v) is 3.97. The summed E-state index contributed by atoms with van der Waals surface area (Å²) in [4.78, 5) is 25.4. The van der Waals surface area contributed by atoms with E-state index < -0.39 is 5.54 Å². The minimum Gasteiger partial charge on any atom is -0.328 e. The van der Waals surface area contributed by atoms with Crippen molar-refractivity contribution in [3.8, 4) is 0 Å². The van der Waals surface area contributed by atoms with Gasteiger partial charge in [0, 0.05) is 12.1 Å². The number of hydrogen-bond donors (Lipinski definition) is 2. The van der Waals surface area contributed by atoms with Crippen molar-refractivity contribution >= 4 is 11.8 Å². The monoisotopic (exact) mass is 239 g/mol. The SMILES string of the molecule is CC1(C)C(=O)NC(=O)CN1C1CCCC(N)C1. The molecule has 2 aliphatic rings. The van der Waals surface area contributed by atoms with Crippen LogP contribution in [0.15, 0.2) is 0 Å². The second kappa shape index (κ2) is 4.38. The average Bonchev–Trinajstić information content (AvgIpc) is 2.24. The first-order chi connectivity index (χ1) is 7.91. The number of imide groups is 1. The molecule has 1 aliphatic heterocycles. The molecule has 0 aromatic carbocycles. The van der Waals surface area contributed by atoms with Gasteiger partial charge < -0.3 is 5.73 Å². The number of hydrogen-bond acceptors (Lipinski definition) is 4. The van der Waals surface area contributed by atoms with Gasteiger partial charge in [0.2, 0.25) is 11.8 Å². The maximum atomic E-state index is 11.9. The molecule has 0 bridgehead atoms. The van der Waals surface area contributed by atoms with Gasteiger partial charge in [0.1, 0.15) is 0 Å². The van der Waals surface area contributed by atoms with Gasteiger partial charge in [-0.3, -0.25) is 19.8 Å². The highest BCUT2D eigenvalue weighted by atomic mass is 16.2. The van der Waals surface area contributed by atoms with E-state index in [0.29, 0.717) is 6.54 Å². The molecule has 2 atom stereocenters. The Kier molecular flexibility index (Phi) is 3.23. The standard InChI is InChI=1S/C12H21N3O2/c1-12(2)11(17)14-10(16)7-15(12)9-5-3-4-8(13)6-9/h8-9H,3-7,13H2,1-2H3,(H,14,16,17). The van der Waals surface area contributed by atoms with Crippen LogP contribution in [0.1, 0.15) is 39.5 Å². The number of rotatable bonds is 1. The molecule has 5 nitrogen and oxygen atoms in total. The molecule has 17 heavy (non-hydrogen) atoms. The number of carbonyl (C=O) groups is 2. The Morgan fingerprint density at radius 2 is 2.06 bits per heavy atom. The predicted octanol–water partition coefficient (Wildman–Crippen LogP) is -0.00670. The third kappa shape index (κ3) is 2.35. The van der Waals surface area contributed by atoms with E-state index >= 15 is 0 Å². The van der Waals surface area contributed by atoms with Crippen LogP contribution in [-0.2, 0) is 9.59 Å². The molecule has 0 radical (unpaired) electrons. The van der Waals surface area contributed by atoms with E-state index in [2.05, 4.69) is 5.32 Å². The number of piperazine rings is 1. The topological polar surface area (TPSA) is 75.4 Å². The van der Waals surface area contributed by atoms with Gasteiger partial charge in [-0.1, -0.05) is 6.42 Å². The first kappa shape index (κ1) is 12.5. The highest BCUT2D eigenvalue weighted by molar-refractivity contribution is 6.02. The summed E-state index contributed by atoms with van der Waals surface area (Å²) < 4.78 is 0. The zero-order valence-electron chi connectivity index (χ0n) is 10.5. The van der Waals surface area contributed by atoms with Crippen LogP contribution in [0.5, 0.6) is 0 Å². The second-order valence-corrected chi connectivity index (χ2v) is 5.64. The number of nitrogens with zero attached hydrogens (tertiary/aromatic N) is 1. The Hall–Kier alpha value is -0.940. The minimum atomic E-state index is -0.615. The lowest BCUT2D eigenvalue weighted by Crippen LogP contribution is -2.67. The van der Waals surface area contributed by atoms with Gasteiger partial charge in [-0.2, -0.15) is 0 Å². The summed E-state index contributed by atoms with van der Waals surface area (Å²) in [6, 6.07) is 0.452. The van der Waals surface area contributed by atoms with Gasteiger partial charge in [0.25, 0.3) is 0 Å². The Balaban J connectivity index is 2.16. The van der Waals surface area contributed by atoms with Gasteiger partial charge in [-0.25, -0.2) is 0 Å². The molecule has 96 valence electrons. The normalized spacial score (nSPS) is 34.5. The van der Waals surface area contributed by atoms with Crippen molar-refractivity contribution in [1.29, 1.82) is 0 Å². The van der Waals surface area contributed by atoms with Gasteiger partial charge in [-0.05, 0) is 33.1 Å². The van der Waals surface area contributed by atoms with Crippen molar-refractivity contribution in [2.24, 2.45) is 5.73 Å². The summed E-state index contributed by atoms with van der Waals surface area (Å²) in [5, 5.41) is 2.40. The van der Waals surface area contributed by atoms with Crippen LogP contribution >= 0.6 is 0 Å². The Morgan fingerprint density at radius 3 is 2.71 bits per heavy atom. The number of carbonyl (C=O) groups excluding carboxylic acids is 2. The molecule has 1 aliphatic carbocycles. The Morgan fingerprint density at radius 1 is 1.35 bits per heavy atom. The van der Waals surface area contributed by atoms with Crippen molar-refractivity contribution < 1.29 is 9.59 Å². The van der Waals surface area contributed by atoms with Crippen LogP contribution in [0.4, 0.5) is 0 Å². The van der Waals surface area contributed by atoms with Gasteiger partial charge in [0.15, 0.2) is 0 Å². The molecule has 0 aromatic heterocycles. The van der Waals surface area contributed by atoms with E-state index in [1.165, 1.54) is 0 Å². The van der Waals surface area contributed by atoms with Crippen molar-refractivity contribution in [3.63, 3.8) is 0 Å². The molecule has 2 unspecified atom stereocenters. The van der Waals surface area contributed by atoms with E-state index in [9.17, 15) is 9.59 Å². The van der Waals surface area contributed by atoms with Gasteiger partial charge in [0.05, 0.1) is 12.1 Å². The lowest BCUT2D eigenvalue weighted by Gasteiger charge is -2.46. The quantitative estimate of drug-likeness (QED) is 0.631. The molecule has 2 amide bonds. The molecular weight excluding hydrogens is 218 g/mol. The van der Waals surface area contributed by atoms with Crippen LogP contribution in [-0.4, -0.2) is 40.9 Å². The lowest BCUT2D eigenvalue weighted by molar-refractivity contribution is -0.148. The summed E-state index contributed by atoms with van der Waals surface area (Å²) in [5.74, 6) is -0.402. The smallest absolute Gasteiger partial charge is 0.246 e. The fourth-order valence-electron chi connectivity index (χ4n) is 2.87. The average molecular weight is 239 g/mol. The highest BCUT2D eigenvalue weighted by Crippen LogP contribution is 2.29. The highest BCUT2D eigenvalue weighted by Gasteiger charge is 2.44. The van der Waals surface area contributed by atoms with Gasteiger partial charge >= 0.3 is 0 Å². The van der Waals surface area contributed by atoms with E-state index in [-0.39, 0.29) is 23.9 Å². The lowest BCUT2D eigenvalue weighted by atomic mass is 9.86. The van der Waals surface area contributed by atoms with E-state index in [0.717, 1.165) is 25.7 Å². The maximum absolute atomic E-state index is 11.9. The van der Waals surface area contributed by atoms with Crippen LogP contribution in [0.2, 0.25) is 0 Å². The van der Waals surface area contributed by atoms with Crippen molar-refractivity contribution in [1.82, 2.24) is 10.2 Å². The zero-order valence-corrected chi connectivity index (χ0v) is 10.5. The summed E-state index contributed by atoms with van der Waals surface area (Å²) in [7, 11) is 0. The fraction of sp³-hybridized carbons (Fsp3) is 0.833. The van der Waals surface area contributed by atoms with Crippen molar-refractivity contribution in [2.75, 3.05) is 6.54 Å². The molecule has 3 N–H and O–H groups in total. The van der Waals surface area contributed by atoms with Crippen LogP contribution in [0.25, 0.3) is 0 Å². The Labute approximate surface area is 102 Å². The van der Waals surface area contributed by atoms with Crippen LogP contribution in [0, 0.1) is 0 Å². The maximum Gasteiger partial charge on any atom is 0.246 e. The van der Waals surface area contributed by atoms with Crippen molar-refractivity contribution in [2.45, 2.75) is 57.2 Å². The number of nitrogens with one attached hydrogen (secondary N) is 1. The second-order valence-electron chi connectivity index (χ2n) is 5.64. The molecule has 0 spiro atoms. The summed E-state index contributed by atoms with van der Waals surface area (Å²) in [5.41, 5.74) is 5.36. The molecule has 2 fully saturated rings. The molecule has 1 saturated carbocycles. The predicted molar refractivity (Wildman–Crippen MR) is 64.2 cm³/mol. The van der Waals surface area contributed by atoms with Crippen molar-refractivity contribution in [3.05, 3.63) is 0 Å². The van der Waals surface area contributed by atoms with E-state index in [1.54, 1.807) is 0 Å². The van der Waals surface area contributed by atoms with E-state index in [1.807, 2.05) is 18.7 Å². The van der Waals surface area contributed by atoms with Gasteiger partial charge in [-0.15, -0.1) is 0 Å². The summed E-state index contributed by atoms with van der Waals surface area (Å²) >= 11 is 0. The minimum absolute atomic E-state index is 0.199. The zero-order chi connectivity index (χ0) is 12.6. The fourth-order valence-corrected chi connectivity index (χ4v) is 2.87. The number of amides is 2. The van der Waals surface area contributed by atoms with Crippen LogP contribution in [0.3, 0.4) is 0 Å².